The molecule has 0 unspecified atom stereocenters. The van der Waals surface area contributed by atoms with Crippen molar-refractivity contribution >= 4 is 28.9 Å². The van der Waals surface area contributed by atoms with Gasteiger partial charge in [0.2, 0.25) is 0 Å². The highest BCUT2D eigenvalue weighted by atomic mass is 35.5. The zero-order valence-corrected chi connectivity index (χ0v) is 12.9. The van der Waals surface area contributed by atoms with Crippen LogP contribution in [0.5, 0.6) is 11.5 Å². The summed E-state index contributed by atoms with van der Waals surface area (Å²) in [4.78, 5) is 0. The van der Waals surface area contributed by atoms with Gasteiger partial charge in [-0.05, 0) is 29.8 Å². The Morgan fingerprint density at radius 2 is 1.71 bits per heavy atom. The van der Waals surface area contributed by atoms with Crippen molar-refractivity contribution in [2.75, 3.05) is 18.5 Å². The normalized spacial score (nSPS) is 13.6. The number of ether oxygens (including phenoxy) is 2. The second-order valence-corrected chi connectivity index (χ2v) is 5.63. The smallest absolute Gasteiger partial charge is 0.163 e. The Hall–Kier alpha value is -1.58. The van der Waals surface area contributed by atoms with Crippen molar-refractivity contribution in [3.8, 4) is 11.5 Å². The molecule has 2 aromatic rings. The fourth-order valence-electron chi connectivity index (χ4n) is 2.13. The summed E-state index contributed by atoms with van der Waals surface area (Å²) in [6, 6.07) is 11.5. The molecule has 0 radical (unpaired) electrons. The Bertz CT molecular complexity index is 646. The molecule has 1 aliphatic heterocycles. The van der Waals surface area contributed by atoms with Crippen LogP contribution in [0.2, 0.25) is 10.0 Å². The molecule has 1 N–H and O–H groups in total. The molecule has 0 atom stereocenters. The van der Waals surface area contributed by atoms with Crippen LogP contribution in [0, 0.1) is 0 Å². The molecular formula is C16H15Cl2NO2. The first kappa shape index (κ1) is 14.4. The summed E-state index contributed by atoms with van der Waals surface area (Å²) in [5.41, 5.74) is 2.04. The van der Waals surface area contributed by atoms with Crippen LogP contribution < -0.4 is 14.8 Å². The van der Waals surface area contributed by atoms with Gasteiger partial charge >= 0.3 is 0 Å². The Kier molecular flexibility index (Phi) is 4.42. The largest absolute Gasteiger partial charge is 0.490 e. The van der Waals surface area contributed by atoms with Crippen molar-refractivity contribution in [1.29, 1.82) is 0 Å². The molecule has 0 saturated heterocycles. The third kappa shape index (κ3) is 3.55. The molecular weight excluding hydrogens is 309 g/mol. The van der Waals surface area contributed by atoms with E-state index in [0.717, 1.165) is 29.2 Å². The molecule has 3 nitrogen and oxygen atoms in total. The molecule has 2 aromatic carbocycles. The van der Waals surface area contributed by atoms with Gasteiger partial charge in [-0.1, -0.05) is 29.3 Å². The molecule has 1 aliphatic rings. The fourth-order valence-corrected chi connectivity index (χ4v) is 2.45. The lowest BCUT2D eigenvalue weighted by Gasteiger charge is -2.11. The Balaban J connectivity index is 1.70. The summed E-state index contributed by atoms with van der Waals surface area (Å²) in [6.45, 7) is 2.04. The van der Waals surface area contributed by atoms with E-state index in [1.807, 2.05) is 30.3 Å². The zero-order chi connectivity index (χ0) is 14.7. The summed E-state index contributed by atoms with van der Waals surface area (Å²) in [6.07, 6.45) is 0.903. The molecule has 3 rings (SSSR count). The van der Waals surface area contributed by atoms with Crippen molar-refractivity contribution in [3.63, 3.8) is 0 Å². The minimum absolute atomic E-state index is 0.564. The Morgan fingerprint density at radius 1 is 0.905 bits per heavy atom. The lowest BCUT2D eigenvalue weighted by atomic mass is 10.2. The van der Waals surface area contributed by atoms with Crippen LogP contribution in [-0.4, -0.2) is 13.2 Å². The topological polar surface area (TPSA) is 30.5 Å². The predicted molar refractivity (Wildman–Crippen MR) is 85.8 cm³/mol. The summed E-state index contributed by atoms with van der Waals surface area (Å²) >= 11 is 11.9. The third-order valence-corrected chi connectivity index (χ3v) is 3.97. The number of hydrogen-bond acceptors (Lipinski definition) is 3. The SMILES string of the molecule is Clc1ccc(CNc2ccc3c(c2)OCCCO3)cc1Cl. The first-order chi connectivity index (χ1) is 10.2. The predicted octanol–water partition coefficient (Wildman–Crippen LogP) is 4.77. The van der Waals surface area contributed by atoms with Gasteiger partial charge in [-0.15, -0.1) is 0 Å². The number of rotatable bonds is 3. The van der Waals surface area contributed by atoms with Gasteiger partial charge in [-0.3, -0.25) is 0 Å². The number of benzene rings is 2. The van der Waals surface area contributed by atoms with E-state index in [4.69, 9.17) is 32.7 Å². The highest BCUT2D eigenvalue weighted by Crippen LogP contribution is 2.32. The van der Waals surface area contributed by atoms with Gasteiger partial charge in [0.05, 0.1) is 23.3 Å². The minimum Gasteiger partial charge on any atom is -0.490 e. The molecule has 0 spiro atoms. The number of anilines is 1. The van der Waals surface area contributed by atoms with Crippen molar-refractivity contribution in [3.05, 3.63) is 52.0 Å². The van der Waals surface area contributed by atoms with Crippen molar-refractivity contribution in [2.24, 2.45) is 0 Å². The van der Waals surface area contributed by atoms with Crippen LogP contribution in [0.1, 0.15) is 12.0 Å². The van der Waals surface area contributed by atoms with Crippen LogP contribution in [0.3, 0.4) is 0 Å². The first-order valence-corrected chi connectivity index (χ1v) is 7.55. The van der Waals surface area contributed by atoms with Crippen LogP contribution in [0.4, 0.5) is 5.69 Å². The van der Waals surface area contributed by atoms with Crippen molar-refractivity contribution in [2.45, 2.75) is 13.0 Å². The summed E-state index contributed by atoms with van der Waals surface area (Å²) < 4.78 is 11.3. The molecule has 0 saturated carbocycles. The Morgan fingerprint density at radius 3 is 2.52 bits per heavy atom. The monoisotopic (exact) mass is 323 g/mol. The maximum absolute atomic E-state index is 6.01. The molecule has 0 aromatic heterocycles. The van der Waals surface area contributed by atoms with Gasteiger partial charge in [0.1, 0.15) is 0 Å². The summed E-state index contributed by atoms with van der Waals surface area (Å²) in [5, 5.41) is 4.47. The lowest BCUT2D eigenvalue weighted by Crippen LogP contribution is -2.00. The van der Waals surface area contributed by atoms with Crippen LogP contribution in [-0.2, 0) is 6.54 Å². The van der Waals surface area contributed by atoms with E-state index in [-0.39, 0.29) is 0 Å². The van der Waals surface area contributed by atoms with Gasteiger partial charge in [-0.25, -0.2) is 0 Å². The van der Waals surface area contributed by atoms with E-state index in [9.17, 15) is 0 Å². The maximum Gasteiger partial charge on any atom is 0.163 e. The molecule has 1 heterocycles. The summed E-state index contributed by atoms with van der Waals surface area (Å²) in [5.74, 6) is 1.58. The quantitative estimate of drug-likeness (QED) is 0.882. The molecule has 0 amide bonds. The van der Waals surface area contributed by atoms with Crippen molar-refractivity contribution < 1.29 is 9.47 Å². The average Bonchev–Trinajstić information content (AvgIpc) is 2.73. The van der Waals surface area contributed by atoms with Crippen LogP contribution in [0.15, 0.2) is 36.4 Å². The molecule has 110 valence electrons. The van der Waals surface area contributed by atoms with Gasteiger partial charge in [0.25, 0.3) is 0 Å². The van der Waals surface area contributed by atoms with Crippen LogP contribution in [0.25, 0.3) is 0 Å². The second kappa shape index (κ2) is 6.46. The van der Waals surface area contributed by atoms with E-state index in [1.54, 1.807) is 6.07 Å². The maximum atomic E-state index is 6.01. The molecule has 0 bridgehead atoms. The van der Waals surface area contributed by atoms with Gasteiger partial charge in [0, 0.05) is 24.7 Å². The van der Waals surface area contributed by atoms with Crippen LogP contribution >= 0.6 is 23.2 Å². The Labute approximate surface area is 133 Å². The van der Waals surface area contributed by atoms with Gasteiger partial charge < -0.3 is 14.8 Å². The molecule has 5 heteroatoms. The minimum atomic E-state index is 0.564. The van der Waals surface area contributed by atoms with E-state index in [0.29, 0.717) is 29.8 Å². The van der Waals surface area contributed by atoms with E-state index < -0.39 is 0 Å². The molecule has 0 aliphatic carbocycles. The number of fused-ring (bicyclic) bond motifs is 1. The number of nitrogens with one attached hydrogen (secondary N) is 1. The fraction of sp³-hybridized carbons (Fsp3) is 0.250. The first-order valence-electron chi connectivity index (χ1n) is 6.80. The van der Waals surface area contributed by atoms with Crippen molar-refractivity contribution in [1.82, 2.24) is 0 Å². The average molecular weight is 324 g/mol. The van der Waals surface area contributed by atoms with Gasteiger partial charge in [-0.2, -0.15) is 0 Å². The molecule has 0 fully saturated rings. The zero-order valence-electron chi connectivity index (χ0n) is 11.4. The highest BCUT2D eigenvalue weighted by molar-refractivity contribution is 6.42. The van der Waals surface area contributed by atoms with E-state index >= 15 is 0 Å². The van der Waals surface area contributed by atoms with E-state index in [1.165, 1.54) is 0 Å². The second-order valence-electron chi connectivity index (χ2n) is 4.81. The summed E-state index contributed by atoms with van der Waals surface area (Å²) in [7, 11) is 0. The third-order valence-electron chi connectivity index (χ3n) is 3.23. The highest BCUT2D eigenvalue weighted by Gasteiger charge is 2.10. The van der Waals surface area contributed by atoms with Gasteiger partial charge in [0.15, 0.2) is 11.5 Å². The lowest BCUT2D eigenvalue weighted by molar-refractivity contribution is 0.297. The number of halogens is 2. The van der Waals surface area contributed by atoms with E-state index in [2.05, 4.69) is 5.32 Å². The molecule has 21 heavy (non-hydrogen) atoms. The number of hydrogen-bond donors (Lipinski definition) is 1. The standard InChI is InChI=1S/C16H15Cl2NO2/c17-13-4-2-11(8-14(13)18)10-19-12-3-5-15-16(9-12)21-7-1-6-20-15/h2-5,8-9,19H,1,6-7,10H2.